The Morgan fingerprint density at radius 3 is 1.46 bits per heavy atom. The van der Waals surface area contributed by atoms with Gasteiger partial charge in [0, 0.05) is 18.6 Å². The van der Waals surface area contributed by atoms with Crippen LogP contribution in [-0.4, -0.2) is 4.57 Å². The number of unbranched alkanes of at least 4 members (excludes halogenated alkanes) is 15. The molecule has 0 aliphatic heterocycles. The molecule has 0 aromatic carbocycles. The van der Waals surface area contributed by atoms with Crippen LogP contribution in [0.15, 0.2) is 30.6 Å². The molecule has 0 spiro atoms. The van der Waals surface area contributed by atoms with Gasteiger partial charge in [-0.1, -0.05) is 103 Å². The van der Waals surface area contributed by atoms with Gasteiger partial charge in [-0.2, -0.15) is 0 Å². The van der Waals surface area contributed by atoms with Gasteiger partial charge in [0.2, 0.25) is 0 Å². The van der Waals surface area contributed by atoms with Gasteiger partial charge in [-0.15, -0.1) is 0 Å². The van der Waals surface area contributed by atoms with Crippen molar-refractivity contribution in [2.24, 2.45) is 0 Å². The van der Waals surface area contributed by atoms with E-state index in [9.17, 15) is 0 Å². The van der Waals surface area contributed by atoms with Crippen molar-refractivity contribution in [1.29, 1.82) is 0 Å². The first kappa shape index (κ1) is 21.1. The second-order valence-corrected chi connectivity index (χ2v) is 7.25. The molecule has 0 bridgehead atoms. The molecule has 1 rings (SSSR count). The molecule has 0 aliphatic carbocycles. The van der Waals surface area contributed by atoms with Crippen LogP contribution in [0.1, 0.15) is 110 Å². The lowest BCUT2D eigenvalue weighted by atomic mass is 10.0. The SMILES string of the molecule is CCCCCCCCCCCCCCCCCC=Cn1cccc1. The van der Waals surface area contributed by atoms with E-state index in [2.05, 4.69) is 48.3 Å². The largest absolute Gasteiger partial charge is 0.331 e. The Morgan fingerprint density at radius 2 is 1.00 bits per heavy atom. The molecule has 0 aliphatic rings. The van der Waals surface area contributed by atoms with Crippen molar-refractivity contribution in [2.75, 3.05) is 0 Å². The lowest BCUT2D eigenvalue weighted by Gasteiger charge is -2.03. The highest BCUT2D eigenvalue weighted by Crippen LogP contribution is 2.13. The lowest BCUT2D eigenvalue weighted by Crippen LogP contribution is -1.83. The smallest absolute Gasteiger partial charge is 0.00823 e. The highest BCUT2D eigenvalue weighted by molar-refractivity contribution is 5.22. The van der Waals surface area contributed by atoms with Crippen LogP contribution in [0, 0.1) is 0 Å². The molecule has 1 heterocycles. The van der Waals surface area contributed by atoms with Crippen molar-refractivity contribution in [3.05, 3.63) is 30.6 Å². The first-order chi connectivity index (χ1) is 11.9. The molecule has 0 radical (unpaired) electrons. The Hall–Kier alpha value is -0.980. The minimum atomic E-state index is 1.22. The number of aromatic nitrogens is 1. The number of hydrogen-bond donors (Lipinski definition) is 0. The summed E-state index contributed by atoms with van der Waals surface area (Å²) in [4.78, 5) is 0. The van der Waals surface area contributed by atoms with Crippen LogP contribution in [0.5, 0.6) is 0 Å². The first-order valence-electron chi connectivity index (χ1n) is 10.7. The molecule has 0 atom stereocenters. The maximum atomic E-state index is 2.29. The standard InChI is InChI=1S/C23H41N/c1-2-3-4-5-6-7-8-9-10-11-12-13-14-15-16-17-18-21-24-22-19-20-23-24/h18-23H,2-17H2,1H3. The second kappa shape index (κ2) is 16.9. The minimum Gasteiger partial charge on any atom is -0.331 e. The Labute approximate surface area is 151 Å². The van der Waals surface area contributed by atoms with Gasteiger partial charge >= 0.3 is 0 Å². The average molecular weight is 332 g/mol. The molecule has 0 saturated carbocycles. The summed E-state index contributed by atoms with van der Waals surface area (Å²) in [7, 11) is 0. The van der Waals surface area contributed by atoms with Crippen LogP contribution < -0.4 is 0 Å². The molecule has 1 heteroatoms. The summed E-state index contributed by atoms with van der Waals surface area (Å²) in [5.74, 6) is 0. The average Bonchev–Trinajstić information content (AvgIpc) is 3.11. The Morgan fingerprint density at radius 1 is 0.583 bits per heavy atom. The maximum absolute atomic E-state index is 2.29. The highest BCUT2D eigenvalue weighted by Gasteiger charge is 1.94. The fraction of sp³-hybridized carbons (Fsp3) is 0.739. The molecule has 1 nitrogen and oxygen atoms in total. The van der Waals surface area contributed by atoms with E-state index in [1.165, 1.54) is 103 Å². The number of nitrogens with zero attached hydrogens (tertiary/aromatic N) is 1. The maximum Gasteiger partial charge on any atom is 0.00823 e. The van der Waals surface area contributed by atoms with E-state index in [1.807, 2.05) is 0 Å². The first-order valence-corrected chi connectivity index (χ1v) is 10.7. The van der Waals surface area contributed by atoms with E-state index < -0.39 is 0 Å². The minimum absolute atomic E-state index is 1.22. The van der Waals surface area contributed by atoms with Crippen molar-refractivity contribution in [3.63, 3.8) is 0 Å². The van der Waals surface area contributed by atoms with Gasteiger partial charge in [0.05, 0.1) is 0 Å². The summed E-state index contributed by atoms with van der Waals surface area (Å²) >= 11 is 0. The molecule has 24 heavy (non-hydrogen) atoms. The lowest BCUT2D eigenvalue weighted by molar-refractivity contribution is 0.533. The van der Waals surface area contributed by atoms with Gasteiger partial charge in [-0.3, -0.25) is 0 Å². The van der Waals surface area contributed by atoms with E-state index in [0.717, 1.165) is 0 Å². The van der Waals surface area contributed by atoms with Crippen molar-refractivity contribution in [1.82, 2.24) is 4.57 Å². The molecular weight excluding hydrogens is 290 g/mol. The third-order valence-corrected chi connectivity index (χ3v) is 4.88. The zero-order valence-electron chi connectivity index (χ0n) is 16.2. The van der Waals surface area contributed by atoms with E-state index in [-0.39, 0.29) is 0 Å². The van der Waals surface area contributed by atoms with Gasteiger partial charge in [-0.05, 0) is 25.0 Å². The van der Waals surface area contributed by atoms with Gasteiger partial charge in [-0.25, -0.2) is 0 Å². The predicted octanol–water partition coefficient (Wildman–Crippen LogP) is 8.22. The number of rotatable bonds is 17. The summed E-state index contributed by atoms with van der Waals surface area (Å²) in [6, 6.07) is 4.13. The molecule has 0 amide bonds. The highest BCUT2D eigenvalue weighted by atomic mass is 14.9. The van der Waals surface area contributed by atoms with E-state index >= 15 is 0 Å². The van der Waals surface area contributed by atoms with Crippen LogP contribution >= 0.6 is 0 Å². The van der Waals surface area contributed by atoms with Crippen molar-refractivity contribution < 1.29 is 0 Å². The monoisotopic (exact) mass is 331 g/mol. The normalized spacial score (nSPS) is 11.5. The molecule has 138 valence electrons. The van der Waals surface area contributed by atoms with E-state index in [4.69, 9.17) is 0 Å². The Kier molecular flexibility index (Phi) is 14.8. The van der Waals surface area contributed by atoms with Crippen molar-refractivity contribution >= 4 is 6.20 Å². The molecule has 0 unspecified atom stereocenters. The second-order valence-electron chi connectivity index (χ2n) is 7.25. The van der Waals surface area contributed by atoms with Crippen molar-refractivity contribution in [3.8, 4) is 0 Å². The topological polar surface area (TPSA) is 4.93 Å². The zero-order chi connectivity index (χ0) is 17.1. The molecule has 0 saturated heterocycles. The quantitative estimate of drug-likeness (QED) is 0.253. The summed E-state index contributed by atoms with van der Waals surface area (Å²) in [5.41, 5.74) is 0. The summed E-state index contributed by atoms with van der Waals surface area (Å²) < 4.78 is 2.12. The third-order valence-electron chi connectivity index (χ3n) is 4.88. The van der Waals surface area contributed by atoms with Crippen LogP contribution in [0.2, 0.25) is 0 Å². The van der Waals surface area contributed by atoms with Gasteiger partial charge in [0.25, 0.3) is 0 Å². The molecule has 1 aromatic heterocycles. The summed E-state index contributed by atoms with van der Waals surface area (Å²) in [5, 5.41) is 0. The van der Waals surface area contributed by atoms with Crippen molar-refractivity contribution in [2.45, 2.75) is 110 Å². The molecule has 0 N–H and O–H groups in total. The number of hydrogen-bond acceptors (Lipinski definition) is 0. The fourth-order valence-corrected chi connectivity index (χ4v) is 3.28. The van der Waals surface area contributed by atoms with Crippen LogP contribution in [-0.2, 0) is 0 Å². The fourth-order valence-electron chi connectivity index (χ4n) is 3.28. The molecule has 0 fully saturated rings. The van der Waals surface area contributed by atoms with Crippen LogP contribution in [0.4, 0.5) is 0 Å². The van der Waals surface area contributed by atoms with E-state index in [0.29, 0.717) is 0 Å². The van der Waals surface area contributed by atoms with Gasteiger partial charge < -0.3 is 4.57 Å². The third kappa shape index (κ3) is 13.5. The number of allylic oxidation sites excluding steroid dienone is 1. The van der Waals surface area contributed by atoms with Gasteiger partial charge in [0.1, 0.15) is 0 Å². The van der Waals surface area contributed by atoms with E-state index in [1.54, 1.807) is 0 Å². The summed E-state index contributed by atoms with van der Waals surface area (Å²) in [6.07, 6.45) is 31.5. The van der Waals surface area contributed by atoms with Crippen LogP contribution in [0.25, 0.3) is 6.20 Å². The Balaban J connectivity index is 1.70. The van der Waals surface area contributed by atoms with Gasteiger partial charge in [0.15, 0.2) is 0 Å². The Bertz CT molecular complexity index is 363. The summed E-state index contributed by atoms with van der Waals surface area (Å²) in [6.45, 7) is 2.29. The molecular formula is C23H41N. The van der Waals surface area contributed by atoms with Crippen LogP contribution in [0.3, 0.4) is 0 Å². The predicted molar refractivity (Wildman–Crippen MR) is 109 cm³/mol. The zero-order valence-corrected chi connectivity index (χ0v) is 16.2. The molecule has 1 aromatic rings.